The van der Waals surface area contributed by atoms with Crippen LogP contribution < -0.4 is 4.90 Å². The van der Waals surface area contributed by atoms with Gasteiger partial charge in [-0.25, -0.2) is 0 Å². The van der Waals surface area contributed by atoms with Crippen LogP contribution in [0, 0.1) is 34.5 Å². The Hall–Kier alpha value is -2.62. The third-order valence-electron chi connectivity index (χ3n) is 13.7. The van der Waals surface area contributed by atoms with Crippen LogP contribution in [0.25, 0.3) is 0 Å². The van der Waals surface area contributed by atoms with Crippen LogP contribution >= 0.6 is 0 Å². The van der Waals surface area contributed by atoms with Gasteiger partial charge in [0.15, 0.2) is 0 Å². The van der Waals surface area contributed by atoms with Gasteiger partial charge in [-0.05, 0) is 107 Å². The van der Waals surface area contributed by atoms with E-state index in [2.05, 4.69) is 166 Å². The number of rotatable bonds is 9. The Morgan fingerprint density at radius 2 is 1.18 bits per heavy atom. The van der Waals surface area contributed by atoms with E-state index in [4.69, 9.17) is 4.74 Å². The van der Waals surface area contributed by atoms with E-state index < -0.39 is 8.07 Å². The number of allylic oxidation sites excluding steroid dienone is 8. The third-order valence-corrected chi connectivity index (χ3v) is 19.5. The van der Waals surface area contributed by atoms with Crippen molar-refractivity contribution < 1.29 is 4.74 Å². The molecule has 2 aromatic carbocycles. The van der Waals surface area contributed by atoms with E-state index in [1.165, 1.54) is 31.0 Å². The van der Waals surface area contributed by atoms with Crippen LogP contribution in [0.4, 0.5) is 5.69 Å². The van der Waals surface area contributed by atoms with Gasteiger partial charge in [0, 0.05) is 25.3 Å². The summed E-state index contributed by atoms with van der Waals surface area (Å²) in [6, 6.07) is 21.0. The van der Waals surface area contributed by atoms with Crippen LogP contribution in [0.15, 0.2) is 96.1 Å². The monoisotopic (exact) mass is 701 g/mol. The highest BCUT2D eigenvalue weighted by atomic mass is 28.3. The van der Waals surface area contributed by atoms with Crippen molar-refractivity contribution in [3.05, 3.63) is 113 Å². The quantitative estimate of drug-likeness (QED) is 0.191. The first-order valence-corrected chi connectivity index (χ1v) is 23.2. The van der Waals surface area contributed by atoms with Gasteiger partial charge in [0.2, 0.25) is 0 Å². The molecule has 0 aromatic heterocycles. The Morgan fingerprint density at radius 1 is 0.647 bits per heavy atom. The highest BCUT2D eigenvalue weighted by Gasteiger charge is 2.63. The maximum atomic E-state index is 6.14. The molecule has 0 N–H and O–H groups in total. The van der Waals surface area contributed by atoms with Crippen molar-refractivity contribution in [3.8, 4) is 0 Å². The average Bonchev–Trinajstić information content (AvgIpc) is 3.69. The maximum absolute atomic E-state index is 6.14. The van der Waals surface area contributed by atoms with Gasteiger partial charge in [0.05, 0.1) is 19.7 Å². The van der Waals surface area contributed by atoms with Crippen LogP contribution in [0.1, 0.15) is 122 Å². The molecule has 5 aliphatic rings. The second-order valence-corrected chi connectivity index (χ2v) is 25.0. The second-order valence-electron chi connectivity index (χ2n) is 20.2. The van der Waals surface area contributed by atoms with Crippen LogP contribution in [0.2, 0.25) is 18.1 Å². The molecule has 0 amide bonds. The number of anilines is 1. The van der Waals surface area contributed by atoms with E-state index in [0.717, 1.165) is 13.0 Å². The van der Waals surface area contributed by atoms with Gasteiger partial charge in [-0.15, -0.1) is 0 Å². The number of nitrogens with zero attached hydrogens (tertiary/aromatic N) is 1. The molecule has 7 rings (SSSR count). The molecule has 0 radical (unpaired) electrons. The Labute approximate surface area is 312 Å². The first kappa shape index (κ1) is 36.7. The molecule has 2 nitrogen and oxygen atoms in total. The number of unbranched alkanes of at least 4 members (excludes halogenated alkanes) is 3. The van der Waals surface area contributed by atoms with Crippen LogP contribution in [0.3, 0.4) is 0 Å². The Balaban J connectivity index is 1.36. The molecule has 2 aromatic rings. The van der Waals surface area contributed by atoms with Gasteiger partial charge in [-0.3, -0.25) is 0 Å². The fourth-order valence-corrected chi connectivity index (χ4v) is 18.0. The van der Waals surface area contributed by atoms with E-state index in [9.17, 15) is 0 Å². The molecule has 1 saturated carbocycles. The van der Waals surface area contributed by atoms with Gasteiger partial charge < -0.3 is 9.64 Å². The Bertz CT molecular complexity index is 1670. The molecule has 0 spiro atoms. The fraction of sp³-hybridized carbons (Fsp3) is 0.583. The summed E-state index contributed by atoms with van der Waals surface area (Å²) >= 11 is 0. The number of hydrogen-bond acceptors (Lipinski definition) is 2. The van der Waals surface area contributed by atoms with E-state index in [-0.39, 0.29) is 16.4 Å². The summed E-state index contributed by atoms with van der Waals surface area (Å²) in [6.45, 7) is 24.8. The normalized spacial score (nSPS) is 30.6. The molecule has 3 heteroatoms. The van der Waals surface area contributed by atoms with Crippen molar-refractivity contribution in [2.45, 2.75) is 129 Å². The van der Waals surface area contributed by atoms with Crippen molar-refractivity contribution in [1.29, 1.82) is 0 Å². The van der Waals surface area contributed by atoms with E-state index in [1.54, 1.807) is 27.8 Å². The molecule has 8 atom stereocenters. The summed E-state index contributed by atoms with van der Waals surface area (Å²) in [4.78, 5) is 2.64. The van der Waals surface area contributed by atoms with Crippen LogP contribution in [0.5, 0.6) is 0 Å². The number of ether oxygens (including phenoxy) is 1. The molecular formula is C48H67NOSi. The Morgan fingerprint density at radius 3 is 1.75 bits per heavy atom. The predicted octanol–water partition coefficient (Wildman–Crippen LogP) is 13.0. The van der Waals surface area contributed by atoms with Crippen molar-refractivity contribution >= 4 is 13.8 Å². The molecular weight excluding hydrogens is 635 g/mol. The lowest BCUT2D eigenvalue weighted by atomic mass is 9.74. The summed E-state index contributed by atoms with van der Waals surface area (Å²) in [6.07, 6.45) is 21.0. The predicted molar refractivity (Wildman–Crippen MR) is 221 cm³/mol. The van der Waals surface area contributed by atoms with Crippen molar-refractivity contribution in [2.75, 3.05) is 18.6 Å². The summed E-state index contributed by atoms with van der Waals surface area (Å²) in [5, 5.41) is 0. The molecule has 1 heterocycles. The fourth-order valence-electron chi connectivity index (χ4n) is 11.3. The van der Waals surface area contributed by atoms with E-state index in [0.29, 0.717) is 46.7 Å². The van der Waals surface area contributed by atoms with Crippen LogP contribution in [-0.4, -0.2) is 27.3 Å². The zero-order valence-electron chi connectivity index (χ0n) is 33.8. The SMILES string of the molecule is CN1c2ccccc2C2C1c1ccccc1C2[Si](C)(CCCCCCOC(C)(C)C)C1C2C=C(C(C)(C)C)C=CC2C2C=CC(C(C)(C)C)=CC21. The first-order valence-electron chi connectivity index (χ1n) is 20.4. The minimum Gasteiger partial charge on any atom is -0.376 e. The summed E-state index contributed by atoms with van der Waals surface area (Å²) in [7, 11) is 0.247. The van der Waals surface area contributed by atoms with Crippen molar-refractivity contribution in [1.82, 2.24) is 0 Å². The number of hydrogen-bond donors (Lipinski definition) is 0. The summed E-state index contributed by atoms with van der Waals surface area (Å²) < 4.78 is 6.14. The minimum absolute atomic E-state index is 0.0556. The highest BCUT2D eigenvalue weighted by molar-refractivity contribution is 6.82. The van der Waals surface area contributed by atoms with Gasteiger partial charge >= 0.3 is 0 Å². The standard InChI is InChI=1S/C48H67NOSi/c1-46(2,3)32-24-26-34-35-27-25-33(47(4,5)6)31-40(35)44(39(34)30-32)51(11,29-19-13-12-18-28-50-48(7,8)9)45-37-21-15-14-20-36(37)43-42(45)38-22-16-17-23-41(38)49(43)10/h14-17,20-27,30-31,34-35,39-40,42-45H,12-13,18-19,28-29H2,1-11H3. The zero-order chi connectivity index (χ0) is 36.5. The molecule has 0 saturated heterocycles. The van der Waals surface area contributed by atoms with Gasteiger partial charge in [0.1, 0.15) is 0 Å². The van der Waals surface area contributed by atoms with Gasteiger partial charge in [0.25, 0.3) is 0 Å². The largest absolute Gasteiger partial charge is 0.376 e. The molecule has 51 heavy (non-hydrogen) atoms. The Kier molecular flexibility index (Phi) is 9.61. The molecule has 4 aliphatic carbocycles. The van der Waals surface area contributed by atoms with E-state index >= 15 is 0 Å². The number of para-hydroxylation sites is 1. The number of benzene rings is 2. The number of likely N-dealkylation sites (N-methyl/N-ethyl adjacent to an activating group) is 1. The molecule has 274 valence electrons. The number of fused-ring (bicyclic) bond motifs is 8. The molecule has 8 unspecified atom stereocenters. The zero-order valence-corrected chi connectivity index (χ0v) is 34.8. The second kappa shape index (κ2) is 13.3. The van der Waals surface area contributed by atoms with Crippen molar-refractivity contribution in [2.24, 2.45) is 34.5 Å². The third kappa shape index (κ3) is 6.62. The summed E-state index contributed by atoms with van der Waals surface area (Å²) in [5.41, 5.74) is 10.9. The average molecular weight is 702 g/mol. The topological polar surface area (TPSA) is 12.5 Å². The first-order chi connectivity index (χ1) is 24.0. The van der Waals surface area contributed by atoms with Gasteiger partial charge in [-0.1, -0.05) is 152 Å². The lowest BCUT2D eigenvalue weighted by molar-refractivity contribution is -0.00471. The molecule has 1 aliphatic heterocycles. The molecule has 1 fully saturated rings. The lowest BCUT2D eigenvalue weighted by Gasteiger charge is -2.48. The smallest absolute Gasteiger partial charge is 0.0634 e. The van der Waals surface area contributed by atoms with Crippen molar-refractivity contribution in [3.63, 3.8) is 0 Å². The van der Waals surface area contributed by atoms with Gasteiger partial charge in [-0.2, -0.15) is 0 Å². The lowest BCUT2D eigenvalue weighted by Crippen LogP contribution is -2.48. The summed E-state index contributed by atoms with van der Waals surface area (Å²) in [5.74, 6) is 2.84. The minimum atomic E-state index is -2.13. The maximum Gasteiger partial charge on any atom is 0.0634 e. The highest BCUT2D eigenvalue weighted by Crippen LogP contribution is 2.69. The molecule has 0 bridgehead atoms. The van der Waals surface area contributed by atoms with E-state index in [1.807, 2.05) is 0 Å². The van der Waals surface area contributed by atoms with Crippen LogP contribution in [-0.2, 0) is 4.74 Å².